The quantitative estimate of drug-likeness (QED) is 0.176. The summed E-state index contributed by atoms with van der Waals surface area (Å²) < 4.78 is 24.8. The summed E-state index contributed by atoms with van der Waals surface area (Å²) in [7, 11) is 0. The van der Waals surface area contributed by atoms with Gasteiger partial charge in [-0.1, -0.05) is 46.5 Å². The average molecular weight is 757 g/mol. The van der Waals surface area contributed by atoms with Gasteiger partial charge < -0.3 is 24.6 Å². The van der Waals surface area contributed by atoms with Crippen LogP contribution < -0.4 is 15.5 Å². The first-order valence-corrected chi connectivity index (χ1v) is 18.2. The van der Waals surface area contributed by atoms with Gasteiger partial charge in [0.15, 0.2) is 11.5 Å². The third kappa shape index (κ3) is 8.35. The molecule has 4 aromatic rings. The number of carbonyl (C=O) groups is 2. The van der Waals surface area contributed by atoms with Gasteiger partial charge in [0.25, 0.3) is 0 Å². The SMILES string of the molecule is CC[C@H]1CN(c2ncc(CN(C(=O)Nc3c(C)noc3C)C(=O)Nc3c(C)noc3C)cc2Cl)CCN1C1CCN(Cc2ccc(Cl)cc2F)CC1. The predicted molar refractivity (Wildman–Crippen MR) is 197 cm³/mol. The largest absolute Gasteiger partial charge is 0.359 e. The van der Waals surface area contributed by atoms with Crippen LogP contribution in [0.25, 0.3) is 0 Å². The number of piperidine rings is 1. The topological polar surface area (TPSA) is 136 Å². The maximum atomic E-state index is 14.4. The molecule has 0 unspecified atom stereocenters. The first kappa shape index (κ1) is 37.5. The number of nitrogens with one attached hydrogen (secondary N) is 2. The van der Waals surface area contributed by atoms with E-state index in [0.717, 1.165) is 56.9 Å². The zero-order valence-corrected chi connectivity index (χ0v) is 31.5. The van der Waals surface area contributed by atoms with E-state index in [9.17, 15) is 14.0 Å². The van der Waals surface area contributed by atoms with Crippen molar-refractivity contribution in [2.45, 2.75) is 79.1 Å². The molecule has 1 aromatic carbocycles. The summed E-state index contributed by atoms with van der Waals surface area (Å²) in [6, 6.07) is 6.02. The number of piperazine rings is 1. The van der Waals surface area contributed by atoms with Gasteiger partial charge in [-0.2, -0.15) is 0 Å². The number of pyridine rings is 1. The highest BCUT2D eigenvalue weighted by molar-refractivity contribution is 6.33. The lowest BCUT2D eigenvalue weighted by Gasteiger charge is -2.47. The van der Waals surface area contributed by atoms with Gasteiger partial charge in [-0.15, -0.1) is 0 Å². The van der Waals surface area contributed by atoms with Crippen molar-refractivity contribution in [2.75, 3.05) is 48.3 Å². The number of imide groups is 1. The Bertz CT molecular complexity index is 1810. The van der Waals surface area contributed by atoms with Crippen molar-refractivity contribution in [3.05, 3.63) is 80.4 Å². The second-order valence-corrected chi connectivity index (χ2v) is 14.3. The highest BCUT2D eigenvalue weighted by Gasteiger charge is 2.34. The molecule has 2 aliphatic heterocycles. The van der Waals surface area contributed by atoms with Crippen LogP contribution in [0, 0.1) is 33.5 Å². The third-order valence-electron chi connectivity index (χ3n) is 9.97. The van der Waals surface area contributed by atoms with Gasteiger partial charge in [0.1, 0.15) is 34.4 Å². The number of benzene rings is 1. The Kier molecular flexibility index (Phi) is 11.7. The molecule has 0 radical (unpaired) electrons. The maximum absolute atomic E-state index is 14.4. The molecule has 0 aliphatic carbocycles. The Labute approximate surface area is 312 Å². The lowest BCUT2D eigenvalue weighted by molar-refractivity contribution is 0.0607. The van der Waals surface area contributed by atoms with E-state index < -0.39 is 12.1 Å². The van der Waals surface area contributed by atoms with Crippen molar-refractivity contribution in [1.29, 1.82) is 0 Å². The zero-order valence-electron chi connectivity index (χ0n) is 30.0. The van der Waals surface area contributed by atoms with Crippen molar-refractivity contribution in [3.8, 4) is 0 Å². The molecule has 2 saturated heterocycles. The molecule has 3 aromatic heterocycles. The van der Waals surface area contributed by atoms with Gasteiger partial charge in [-0.3, -0.25) is 9.80 Å². The van der Waals surface area contributed by atoms with Crippen molar-refractivity contribution >= 4 is 52.5 Å². The van der Waals surface area contributed by atoms with Crippen molar-refractivity contribution < 1.29 is 23.0 Å². The Morgan fingerprint density at radius 3 is 2.12 bits per heavy atom. The molecule has 0 spiro atoms. The average Bonchev–Trinajstić information content (AvgIpc) is 3.62. The molecule has 5 heterocycles. The van der Waals surface area contributed by atoms with E-state index in [1.165, 1.54) is 6.07 Å². The molecule has 278 valence electrons. The number of anilines is 3. The Morgan fingerprint density at radius 2 is 1.58 bits per heavy atom. The number of urea groups is 2. The van der Waals surface area contributed by atoms with Crippen LogP contribution in [-0.2, 0) is 13.1 Å². The second-order valence-electron chi connectivity index (χ2n) is 13.5. The van der Waals surface area contributed by atoms with Crippen LogP contribution in [0.3, 0.4) is 0 Å². The van der Waals surface area contributed by atoms with Crippen molar-refractivity contribution in [1.82, 2.24) is 30.0 Å². The van der Waals surface area contributed by atoms with E-state index in [2.05, 4.69) is 42.6 Å². The zero-order chi connectivity index (χ0) is 37.1. The third-order valence-corrected chi connectivity index (χ3v) is 10.5. The summed E-state index contributed by atoms with van der Waals surface area (Å²) in [5.41, 5.74) is 2.96. The lowest BCUT2D eigenvalue weighted by atomic mass is 9.97. The fourth-order valence-corrected chi connectivity index (χ4v) is 7.55. The van der Waals surface area contributed by atoms with E-state index >= 15 is 0 Å². The minimum atomic E-state index is -0.691. The Morgan fingerprint density at radius 1 is 0.942 bits per heavy atom. The lowest BCUT2D eigenvalue weighted by Crippen LogP contribution is -2.58. The van der Waals surface area contributed by atoms with Gasteiger partial charge in [0.05, 0.1) is 11.6 Å². The summed E-state index contributed by atoms with van der Waals surface area (Å²) in [5.74, 6) is 1.22. The molecule has 0 bridgehead atoms. The van der Waals surface area contributed by atoms with Crippen LogP contribution in [0.1, 0.15) is 60.2 Å². The van der Waals surface area contributed by atoms with Crippen LogP contribution in [0.5, 0.6) is 0 Å². The van der Waals surface area contributed by atoms with E-state index in [1.807, 2.05) is 0 Å². The molecule has 13 nitrogen and oxygen atoms in total. The molecule has 4 amide bonds. The van der Waals surface area contributed by atoms with Gasteiger partial charge in [0.2, 0.25) is 0 Å². The summed E-state index contributed by atoms with van der Waals surface area (Å²) in [6.45, 7) is 13.6. The summed E-state index contributed by atoms with van der Waals surface area (Å²) in [5, 5.41) is 14.1. The van der Waals surface area contributed by atoms with E-state index in [1.54, 1.807) is 52.1 Å². The maximum Gasteiger partial charge on any atom is 0.330 e. The summed E-state index contributed by atoms with van der Waals surface area (Å²) in [6.07, 6.45) is 4.65. The number of nitrogens with zero attached hydrogens (tertiary/aromatic N) is 7. The highest BCUT2D eigenvalue weighted by Crippen LogP contribution is 2.31. The molecule has 0 saturated carbocycles. The minimum absolute atomic E-state index is 0.119. The molecule has 2 N–H and O–H groups in total. The normalized spacial score (nSPS) is 17.4. The fourth-order valence-electron chi connectivity index (χ4n) is 7.09. The predicted octanol–water partition coefficient (Wildman–Crippen LogP) is 7.57. The fraction of sp³-hybridized carbons (Fsp3) is 0.472. The van der Waals surface area contributed by atoms with E-state index in [-0.39, 0.29) is 12.4 Å². The van der Waals surface area contributed by atoms with Crippen molar-refractivity contribution in [3.63, 3.8) is 0 Å². The summed E-state index contributed by atoms with van der Waals surface area (Å²) in [4.78, 5) is 40.0. The first-order valence-electron chi connectivity index (χ1n) is 17.5. The Hall–Kier alpha value is -4.24. The van der Waals surface area contributed by atoms with Gasteiger partial charge >= 0.3 is 12.1 Å². The van der Waals surface area contributed by atoms with Crippen LogP contribution in [0.4, 0.5) is 31.2 Å². The highest BCUT2D eigenvalue weighted by atomic mass is 35.5. The van der Waals surface area contributed by atoms with E-state index in [0.29, 0.717) is 79.9 Å². The van der Waals surface area contributed by atoms with Crippen LogP contribution in [0.2, 0.25) is 10.0 Å². The smallest absolute Gasteiger partial charge is 0.330 e. The van der Waals surface area contributed by atoms with Gasteiger partial charge in [0, 0.05) is 55.0 Å². The van der Waals surface area contributed by atoms with Gasteiger partial charge in [-0.05, 0) is 83.8 Å². The summed E-state index contributed by atoms with van der Waals surface area (Å²) >= 11 is 12.8. The van der Waals surface area contributed by atoms with Crippen LogP contribution >= 0.6 is 23.2 Å². The molecular weight excluding hydrogens is 712 g/mol. The number of carbonyl (C=O) groups excluding carboxylic acids is 2. The molecule has 2 fully saturated rings. The number of aryl methyl sites for hydroxylation is 4. The molecule has 52 heavy (non-hydrogen) atoms. The van der Waals surface area contributed by atoms with E-state index in [4.69, 9.17) is 37.2 Å². The number of hydrogen-bond acceptors (Lipinski definition) is 10. The number of likely N-dealkylation sites (tertiary alicyclic amines) is 1. The number of hydrogen-bond donors (Lipinski definition) is 2. The number of amides is 4. The Balaban J connectivity index is 1.10. The molecule has 1 atom stereocenters. The first-order chi connectivity index (χ1) is 24.9. The molecule has 2 aliphatic rings. The van der Waals surface area contributed by atoms with Crippen LogP contribution in [0.15, 0.2) is 39.5 Å². The molecular formula is C36H44Cl2FN9O4. The minimum Gasteiger partial charge on any atom is -0.359 e. The number of rotatable bonds is 9. The number of halogens is 3. The standard InChI is InChI=1S/C36H44Cl2FN9O4/c1-6-28-20-46(13-14-47(28)29-9-11-45(12-10-29)19-26-7-8-27(37)16-31(26)39)34-30(38)15-25(17-40-34)18-48(35(49)41-32-21(2)43-51-23(32)4)36(50)42-33-22(3)44-52-24(33)5/h7-8,15-17,28-29H,6,9-14,18-20H2,1-5H3,(H,41,49)(H,42,50)/t28-/m0/s1. The second kappa shape index (κ2) is 16.2. The van der Waals surface area contributed by atoms with Gasteiger partial charge in [-0.25, -0.2) is 23.9 Å². The molecule has 16 heteroatoms. The van der Waals surface area contributed by atoms with Crippen molar-refractivity contribution in [2.24, 2.45) is 0 Å². The molecule has 6 rings (SSSR count). The van der Waals surface area contributed by atoms with Crippen LogP contribution in [-0.4, -0.2) is 86.9 Å². The monoisotopic (exact) mass is 755 g/mol. The number of aromatic nitrogens is 3.